The molecule has 1 aliphatic rings. The van der Waals surface area contributed by atoms with E-state index in [1.807, 2.05) is 18.2 Å². The largest absolute Gasteiger partial charge is 0.391 e. The van der Waals surface area contributed by atoms with Crippen LogP contribution in [0.15, 0.2) is 29.4 Å². The Morgan fingerprint density at radius 2 is 2.19 bits per heavy atom. The van der Waals surface area contributed by atoms with E-state index < -0.39 is 0 Å². The number of nitriles is 1. The van der Waals surface area contributed by atoms with Gasteiger partial charge in [0.1, 0.15) is 12.8 Å². The van der Waals surface area contributed by atoms with Crippen molar-refractivity contribution in [1.29, 1.82) is 5.26 Å². The highest BCUT2D eigenvalue weighted by molar-refractivity contribution is 5.60. The smallest absolute Gasteiger partial charge is 0.143 e. The molecular weight excluding hydrogens is 200 g/mol. The number of nitrogens with zero attached hydrogens (tertiary/aromatic N) is 2. The normalized spacial score (nSPS) is 15.7. The van der Waals surface area contributed by atoms with Crippen LogP contribution in [-0.2, 0) is 11.4 Å². The van der Waals surface area contributed by atoms with E-state index in [0.29, 0.717) is 18.1 Å². The maximum Gasteiger partial charge on any atom is 0.143 e. The molecule has 0 heterocycles. The SMILES string of the molecule is N#Cc1ccccc1CO/N=[C]\C1CCC1. The van der Waals surface area contributed by atoms with Crippen LogP contribution < -0.4 is 0 Å². The topological polar surface area (TPSA) is 45.4 Å². The predicted octanol–water partition coefficient (Wildman–Crippen LogP) is 2.74. The first kappa shape index (κ1) is 10.7. The van der Waals surface area contributed by atoms with Gasteiger partial charge < -0.3 is 4.84 Å². The van der Waals surface area contributed by atoms with Gasteiger partial charge in [0.25, 0.3) is 0 Å². The summed E-state index contributed by atoms with van der Waals surface area (Å²) >= 11 is 0. The second-order valence-corrected chi connectivity index (χ2v) is 3.89. The van der Waals surface area contributed by atoms with Crippen LogP contribution in [0, 0.1) is 17.2 Å². The van der Waals surface area contributed by atoms with Gasteiger partial charge in [0.05, 0.1) is 11.6 Å². The first-order chi connectivity index (χ1) is 7.90. The van der Waals surface area contributed by atoms with Gasteiger partial charge in [0.2, 0.25) is 0 Å². The van der Waals surface area contributed by atoms with E-state index in [2.05, 4.69) is 17.4 Å². The lowest BCUT2D eigenvalue weighted by Crippen LogP contribution is -2.11. The van der Waals surface area contributed by atoms with Crippen LogP contribution in [-0.4, -0.2) is 6.21 Å². The van der Waals surface area contributed by atoms with E-state index in [-0.39, 0.29) is 0 Å². The van der Waals surface area contributed by atoms with Gasteiger partial charge in [0.15, 0.2) is 0 Å². The van der Waals surface area contributed by atoms with E-state index in [9.17, 15) is 0 Å². The van der Waals surface area contributed by atoms with Crippen LogP contribution in [0.3, 0.4) is 0 Å². The minimum Gasteiger partial charge on any atom is -0.391 e. The zero-order valence-electron chi connectivity index (χ0n) is 9.02. The highest BCUT2D eigenvalue weighted by atomic mass is 16.6. The molecule has 1 aliphatic carbocycles. The van der Waals surface area contributed by atoms with E-state index in [4.69, 9.17) is 10.1 Å². The number of hydrogen-bond acceptors (Lipinski definition) is 3. The molecule has 0 aliphatic heterocycles. The quantitative estimate of drug-likeness (QED) is 0.570. The number of rotatable bonds is 4. The van der Waals surface area contributed by atoms with Crippen molar-refractivity contribution in [3.63, 3.8) is 0 Å². The monoisotopic (exact) mass is 213 g/mol. The standard InChI is InChI=1S/C13H13N2O/c14-8-12-6-1-2-7-13(12)10-16-15-9-11-4-3-5-11/h1-2,6-7,11H,3-5,10H2. The van der Waals surface area contributed by atoms with Crippen LogP contribution in [0.4, 0.5) is 0 Å². The Kier molecular flexibility index (Phi) is 3.55. The van der Waals surface area contributed by atoms with Crippen LogP contribution in [0.25, 0.3) is 0 Å². The molecule has 1 fully saturated rings. The van der Waals surface area contributed by atoms with Gasteiger partial charge in [-0.25, -0.2) is 0 Å². The molecule has 16 heavy (non-hydrogen) atoms. The summed E-state index contributed by atoms with van der Waals surface area (Å²) in [6.07, 6.45) is 6.55. The van der Waals surface area contributed by atoms with Crippen molar-refractivity contribution in [2.24, 2.45) is 11.1 Å². The van der Waals surface area contributed by atoms with Crippen molar-refractivity contribution in [3.8, 4) is 6.07 Å². The van der Waals surface area contributed by atoms with E-state index in [1.165, 1.54) is 19.3 Å². The molecule has 1 aromatic rings. The Labute approximate surface area is 95.3 Å². The number of hydrogen-bond donors (Lipinski definition) is 0. The third-order valence-electron chi connectivity index (χ3n) is 2.76. The predicted molar refractivity (Wildman–Crippen MR) is 60.7 cm³/mol. The molecule has 1 saturated carbocycles. The molecule has 0 saturated heterocycles. The van der Waals surface area contributed by atoms with Crippen molar-refractivity contribution < 1.29 is 4.84 Å². The molecule has 3 nitrogen and oxygen atoms in total. The van der Waals surface area contributed by atoms with Crippen molar-refractivity contribution in [1.82, 2.24) is 0 Å². The molecule has 0 aromatic heterocycles. The maximum atomic E-state index is 8.86. The van der Waals surface area contributed by atoms with Gasteiger partial charge in [0, 0.05) is 11.5 Å². The van der Waals surface area contributed by atoms with Gasteiger partial charge >= 0.3 is 0 Å². The molecule has 81 valence electrons. The highest BCUT2D eigenvalue weighted by Gasteiger charge is 2.15. The molecule has 1 radical (unpaired) electrons. The zero-order chi connectivity index (χ0) is 11.2. The lowest BCUT2D eigenvalue weighted by atomic mass is 9.87. The Hall–Kier alpha value is -1.82. The van der Waals surface area contributed by atoms with Crippen molar-refractivity contribution >= 4 is 6.21 Å². The molecular formula is C13H13N2O. The Morgan fingerprint density at radius 3 is 2.88 bits per heavy atom. The van der Waals surface area contributed by atoms with Crippen LogP contribution >= 0.6 is 0 Å². The van der Waals surface area contributed by atoms with Crippen molar-refractivity contribution in [3.05, 3.63) is 35.4 Å². The van der Waals surface area contributed by atoms with Gasteiger partial charge in [-0.1, -0.05) is 29.8 Å². The third kappa shape index (κ3) is 2.60. The fourth-order valence-electron chi connectivity index (χ4n) is 1.51. The summed E-state index contributed by atoms with van der Waals surface area (Å²) in [7, 11) is 0. The second kappa shape index (κ2) is 5.32. The Morgan fingerprint density at radius 1 is 1.38 bits per heavy atom. The first-order valence-corrected chi connectivity index (χ1v) is 5.45. The molecule has 0 spiro atoms. The molecule has 0 N–H and O–H groups in total. The molecule has 2 rings (SSSR count). The second-order valence-electron chi connectivity index (χ2n) is 3.89. The maximum absolute atomic E-state index is 8.86. The highest BCUT2D eigenvalue weighted by Crippen LogP contribution is 2.24. The minimum absolute atomic E-state index is 0.337. The van der Waals surface area contributed by atoms with Crippen molar-refractivity contribution in [2.45, 2.75) is 25.9 Å². The fraction of sp³-hybridized carbons (Fsp3) is 0.385. The van der Waals surface area contributed by atoms with Gasteiger partial charge in [-0.15, -0.1) is 0 Å². The summed E-state index contributed by atoms with van der Waals surface area (Å²) in [5.74, 6) is 0.478. The summed E-state index contributed by atoms with van der Waals surface area (Å²) in [5.41, 5.74) is 1.51. The first-order valence-electron chi connectivity index (χ1n) is 5.45. The average Bonchev–Trinajstić information content (AvgIpc) is 2.27. The molecule has 0 unspecified atom stereocenters. The summed E-state index contributed by atoms with van der Waals surface area (Å²) in [5, 5.41) is 12.7. The molecule has 0 atom stereocenters. The van der Waals surface area contributed by atoms with Crippen LogP contribution in [0.1, 0.15) is 30.4 Å². The van der Waals surface area contributed by atoms with Crippen LogP contribution in [0.5, 0.6) is 0 Å². The third-order valence-corrected chi connectivity index (χ3v) is 2.76. The lowest BCUT2D eigenvalue weighted by molar-refractivity contribution is 0.129. The molecule has 0 bridgehead atoms. The average molecular weight is 213 g/mol. The zero-order valence-corrected chi connectivity index (χ0v) is 9.02. The number of benzene rings is 1. The summed E-state index contributed by atoms with van der Waals surface area (Å²) in [6.45, 7) is 0.337. The summed E-state index contributed by atoms with van der Waals surface area (Å²) in [6, 6.07) is 9.50. The van der Waals surface area contributed by atoms with Gasteiger partial charge in [-0.3, -0.25) is 0 Å². The van der Waals surface area contributed by atoms with E-state index in [0.717, 1.165) is 5.56 Å². The molecule has 0 amide bonds. The summed E-state index contributed by atoms with van der Waals surface area (Å²) < 4.78 is 0. The molecule has 1 aromatic carbocycles. The Balaban J connectivity index is 1.84. The van der Waals surface area contributed by atoms with Gasteiger partial charge in [-0.2, -0.15) is 5.26 Å². The summed E-state index contributed by atoms with van der Waals surface area (Å²) in [4.78, 5) is 5.13. The van der Waals surface area contributed by atoms with Crippen LogP contribution in [0.2, 0.25) is 0 Å². The minimum atomic E-state index is 0.337. The van der Waals surface area contributed by atoms with Gasteiger partial charge in [-0.05, 0) is 18.9 Å². The fourth-order valence-corrected chi connectivity index (χ4v) is 1.51. The van der Waals surface area contributed by atoms with E-state index in [1.54, 1.807) is 6.07 Å². The lowest BCUT2D eigenvalue weighted by Gasteiger charge is -2.18. The van der Waals surface area contributed by atoms with Crippen molar-refractivity contribution in [2.75, 3.05) is 0 Å². The Bertz CT molecular complexity index is 416. The van der Waals surface area contributed by atoms with E-state index >= 15 is 0 Å². The molecule has 3 heteroatoms.